The van der Waals surface area contributed by atoms with Crippen LogP contribution in [0.15, 0.2) is 29.8 Å². The van der Waals surface area contributed by atoms with Crippen molar-refractivity contribution in [2.75, 3.05) is 6.61 Å². The van der Waals surface area contributed by atoms with Gasteiger partial charge in [-0.1, -0.05) is 6.08 Å². The van der Waals surface area contributed by atoms with Gasteiger partial charge in [-0.3, -0.25) is 10.0 Å². The highest BCUT2D eigenvalue weighted by Crippen LogP contribution is 2.20. The number of benzene rings is 1. The van der Waals surface area contributed by atoms with E-state index in [9.17, 15) is 9.18 Å². The van der Waals surface area contributed by atoms with Crippen LogP contribution in [-0.4, -0.2) is 35.1 Å². The first kappa shape index (κ1) is 16.8. The maximum absolute atomic E-state index is 13.9. The lowest BCUT2D eigenvalue weighted by molar-refractivity contribution is -0.130. The van der Waals surface area contributed by atoms with Crippen molar-refractivity contribution in [2.45, 2.75) is 19.4 Å². The molecule has 114 valence electrons. The largest absolute Gasteiger partial charge is 0.475 e. The van der Waals surface area contributed by atoms with Crippen molar-refractivity contribution in [1.29, 1.82) is 0 Å². The molecule has 6 nitrogen and oxygen atoms in total. The summed E-state index contributed by atoms with van der Waals surface area (Å²) in [7, 11) is 0. The van der Waals surface area contributed by atoms with Crippen molar-refractivity contribution in [3.8, 4) is 0 Å². The molecular weight excluding hydrogens is 279 g/mol. The van der Waals surface area contributed by atoms with Crippen LogP contribution in [0.4, 0.5) is 4.39 Å². The van der Waals surface area contributed by atoms with E-state index in [0.29, 0.717) is 17.5 Å². The molecule has 0 aliphatic carbocycles. The van der Waals surface area contributed by atoms with E-state index in [1.54, 1.807) is 19.1 Å². The minimum atomic E-state index is -0.817. The monoisotopic (exact) mass is 296 g/mol. The number of halogens is 1. The highest BCUT2D eigenvalue weighted by atomic mass is 19.1. The van der Waals surface area contributed by atoms with Crippen LogP contribution in [0.1, 0.15) is 16.7 Å². The molecule has 1 aliphatic rings. The van der Waals surface area contributed by atoms with Gasteiger partial charge in [0, 0.05) is 5.56 Å². The molecule has 0 spiro atoms. The molecule has 0 aromatic heterocycles. The molecule has 2 rings (SSSR count). The zero-order valence-electron chi connectivity index (χ0n) is 11.5. The Morgan fingerprint density at radius 3 is 3.00 bits per heavy atom. The number of nitrogens with zero attached hydrogens (tertiary/aromatic N) is 1. The lowest BCUT2D eigenvalue weighted by Crippen LogP contribution is -2.31. The Morgan fingerprint density at radius 1 is 1.67 bits per heavy atom. The molecule has 0 radical (unpaired) electrons. The Morgan fingerprint density at radius 2 is 2.38 bits per heavy atom. The van der Waals surface area contributed by atoms with E-state index in [1.807, 2.05) is 0 Å². The van der Waals surface area contributed by atoms with Crippen LogP contribution in [0, 0.1) is 12.7 Å². The number of hydroxylamine groups is 1. The quantitative estimate of drug-likeness (QED) is 0.485. The standard InChI is InChI=1S/C14H15FN2O3.H2O/c1-3-4-9-5-10(6-11(15)8(9)2)14-16-12(7-20-14)13(18)17-19;/h3,5-6,12,19H,1,4,7H2,2H3,(H,17,18);1H2. The van der Waals surface area contributed by atoms with Gasteiger partial charge >= 0.3 is 0 Å². The molecule has 7 heteroatoms. The Kier molecular flexibility index (Phi) is 5.57. The summed E-state index contributed by atoms with van der Waals surface area (Å²) < 4.78 is 19.2. The number of rotatable bonds is 4. The lowest BCUT2D eigenvalue weighted by Gasteiger charge is -2.08. The van der Waals surface area contributed by atoms with Gasteiger partial charge in [0.25, 0.3) is 5.91 Å². The average Bonchev–Trinajstić information content (AvgIpc) is 2.92. The minimum Gasteiger partial charge on any atom is -0.475 e. The smallest absolute Gasteiger partial charge is 0.271 e. The second-order valence-corrected chi connectivity index (χ2v) is 4.47. The van der Waals surface area contributed by atoms with Crippen molar-refractivity contribution >= 4 is 11.8 Å². The van der Waals surface area contributed by atoms with Gasteiger partial charge in [0.15, 0.2) is 6.04 Å². The zero-order valence-corrected chi connectivity index (χ0v) is 11.5. The molecule has 0 saturated heterocycles. The third kappa shape index (κ3) is 3.45. The van der Waals surface area contributed by atoms with Crippen molar-refractivity contribution in [3.63, 3.8) is 0 Å². The third-order valence-corrected chi connectivity index (χ3v) is 3.13. The maximum atomic E-state index is 13.9. The molecular formula is C14H17FN2O4. The molecule has 1 aromatic carbocycles. The Balaban J connectivity index is 0.00000220. The summed E-state index contributed by atoms with van der Waals surface area (Å²) in [5.41, 5.74) is 3.33. The van der Waals surface area contributed by atoms with Gasteiger partial charge < -0.3 is 10.2 Å². The first-order valence-corrected chi connectivity index (χ1v) is 6.11. The van der Waals surface area contributed by atoms with Gasteiger partial charge in [-0.25, -0.2) is 14.9 Å². The fourth-order valence-corrected chi connectivity index (χ4v) is 1.97. The molecule has 1 heterocycles. The summed E-state index contributed by atoms with van der Waals surface area (Å²) in [6, 6.07) is 2.26. The van der Waals surface area contributed by atoms with E-state index < -0.39 is 11.9 Å². The summed E-state index contributed by atoms with van der Waals surface area (Å²) >= 11 is 0. The van der Waals surface area contributed by atoms with Crippen LogP contribution in [-0.2, 0) is 16.0 Å². The summed E-state index contributed by atoms with van der Waals surface area (Å²) in [4.78, 5) is 15.3. The number of ether oxygens (including phenoxy) is 1. The number of carbonyl (C=O) groups excluding carboxylic acids is 1. The fourth-order valence-electron chi connectivity index (χ4n) is 1.97. The van der Waals surface area contributed by atoms with Gasteiger partial charge in [-0.2, -0.15) is 0 Å². The van der Waals surface area contributed by atoms with Crippen molar-refractivity contribution < 1.29 is 24.6 Å². The van der Waals surface area contributed by atoms with Gasteiger partial charge in [0.05, 0.1) is 0 Å². The average molecular weight is 296 g/mol. The van der Waals surface area contributed by atoms with E-state index in [4.69, 9.17) is 9.94 Å². The summed E-state index contributed by atoms with van der Waals surface area (Å²) in [6.45, 7) is 5.35. The normalized spacial score (nSPS) is 16.5. The van der Waals surface area contributed by atoms with E-state index >= 15 is 0 Å². The molecule has 0 saturated carbocycles. The maximum Gasteiger partial charge on any atom is 0.271 e. The molecule has 1 aromatic rings. The molecule has 1 atom stereocenters. The molecule has 1 aliphatic heterocycles. The fraction of sp³-hybridized carbons (Fsp3) is 0.286. The predicted molar refractivity (Wildman–Crippen MR) is 74.9 cm³/mol. The SMILES string of the molecule is C=CCc1cc(C2=NC(C(=O)NO)CO2)cc(F)c1C.O. The first-order valence-electron chi connectivity index (χ1n) is 6.11. The van der Waals surface area contributed by atoms with E-state index in [0.717, 1.165) is 5.56 Å². The first-order chi connectivity index (χ1) is 9.56. The van der Waals surface area contributed by atoms with Crippen LogP contribution >= 0.6 is 0 Å². The van der Waals surface area contributed by atoms with Crippen LogP contribution < -0.4 is 5.48 Å². The molecule has 1 amide bonds. The number of hydrogen-bond donors (Lipinski definition) is 2. The predicted octanol–water partition coefficient (Wildman–Crippen LogP) is 0.689. The van der Waals surface area contributed by atoms with Crippen LogP contribution in [0.2, 0.25) is 0 Å². The van der Waals surface area contributed by atoms with Gasteiger partial charge in [0.1, 0.15) is 12.4 Å². The molecule has 21 heavy (non-hydrogen) atoms. The molecule has 0 fully saturated rings. The summed E-state index contributed by atoms with van der Waals surface area (Å²) in [6.07, 6.45) is 2.22. The zero-order chi connectivity index (χ0) is 14.7. The summed E-state index contributed by atoms with van der Waals surface area (Å²) in [5.74, 6) is -0.817. The van der Waals surface area contributed by atoms with E-state index in [2.05, 4.69) is 11.6 Å². The number of nitrogens with one attached hydrogen (secondary N) is 1. The van der Waals surface area contributed by atoms with Gasteiger partial charge in [0.2, 0.25) is 5.90 Å². The Bertz CT molecular complexity index is 587. The second kappa shape index (κ2) is 6.96. The minimum absolute atomic E-state index is 0. The summed E-state index contributed by atoms with van der Waals surface area (Å²) in [5, 5.41) is 8.55. The lowest BCUT2D eigenvalue weighted by atomic mass is 10.0. The third-order valence-electron chi connectivity index (χ3n) is 3.13. The van der Waals surface area contributed by atoms with Crippen molar-refractivity contribution in [2.24, 2.45) is 4.99 Å². The van der Waals surface area contributed by atoms with Crippen molar-refractivity contribution in [3.05, 3.63) is 47.3 Å². The van der Waals surface area contributed by atoms with Gasteiger partial charge in [-0.05, 0) is 36.6 Å². The van der Waals surface area contributed by atoms with Crippen LogP contribution in [0.5, 0.6) is 0 Å². The van der Waals surface area contributed by atoms with Crippen molar-refractivity contribution in [1.82, 2.24) is 5.48 Å². The number of carbonyl (C=O) groups is 1. The topological polar surface area (TPSA) is 102 Å². The Labute approximate surface area is 121 Å². The number of aliphatic imine (C=N–C) groups is 1. The van der Waals surface area contributed by atoms with Crippen LogP contribution in [0.3, 0.4) is 0 Å². The highest BCUT2D eigenvalue weighted by molar-refractivity contribution is 5.98. The molecule has 0 bridgehead atoms. The molecule has 1 unspecified atom stereocenters. The van der Waals surface area contributed by atoms with E-state index in [1.165, 1.54) is 11.5 Å². The second-order valence-electron chi connectivity index (χ2n) is 4.47. The molecule has 4 N–H and O–H groups in total. The van der Waals surface area contributed by atoms with Gasteiger partial charge in [-0.15, -0.1) is 6.58 Å². The number of allylic oxidation sites excluding steroid dienone is 1. The number of amides is 1. The highest BCUT2D eigenvalue weighted by Gasteiger charge is 2.26. The number of hydrogen-bond acceptors (Lipinski definition) is 4. The Hall–Kier alpha value is -2.25. The van der Waals surface area contributed by atoms with Crippen LogP contribution in [0.25, 0.3) is 0 Å². The van der Waals surface area contributed by atoms with E-state index in [-0.39, 0.29) is 23.8 Å².